The van der Waals surface area contributed by atoms with Gasteiger partial charge in [0.15, 0.2) is 0 Å². The molecular formula is C14H25N. The predicted octanol–water partition coefficient (Wildman–Crippen LogP) is 3.66. The molecule has 0 radical (unpaired) electrons. The molecule has 0 bridgehead atoms. The molecule has 1 saturated carbocycles. The van der Waals surface area contributed by atoms with E-state index in [9.17, 15) is 0 Å². The van der Waals surface area contributed by atoms with Gasteiger partial charge >= 0.3 is 0 Å². The molecule has 1 heteroatoms. The summed E-state index contributed by atoms with van der Waals surface area (Å²) in [5.74, 6) is 1.01. The predicted molar refractivity (Wildman–Crippen MR) is 66.0 cm³/mol. The van der Waals surface area contributed by atoms with Gasteiger partial charge in [0.1, 0.15) is 0 Å². The summed E-state index contributed by atoms with van der Waals surface area (Å²) in [4.78, 5) is 0. The number of nitrogens with one attached hydrogen (secondary N) is 1. The fourth-order valence-electron chi connectivity index (χ4n) is 3.03. The average molecular weight is 207 g/mol. The summed E-state index contributed by atoms with van der Waals surface area (Å²) in [6.45, 7) is 3.54. The Kier molecular flexibility index (Phi) is 4.25. The van der Waals surface area contributed by atoms with Gasteiger partial charge < -0.3 is 5.32 Å². The Morgan fingerprint density at radius 3 is 3.00 bits per heavy atom. The fourth-order valence-corrected chi connectivity index (χ4v) is 3.03. The van der Waals surface area contributed by atoms with E-state index in [1.54, 1.807) is 5.57 Å². The van der Waals surface area contributed by atoms with Crippen LogP contribution in [-0.2, 0) is 0 Å². The van der Waals surface area contributed by atoms with Crippen LogP contribution in [-0.4, -0.2) is 12.6 Å². The van der Waals surface area contributed by atoms with Gasteiger partial charge in [-0.25, -0.2) is 0 Å². The third-order valence-corrected chi connectivity index (χ3v) is 4.13. The van der Waals surface area contributed by atoms with E-state index in [1.807, 2.05) is 0 Å². The first-order valence-corrected chi connectivity index (χ1v) is 6.79. The lowest BCUT2D eigenvalue weighted by atomic mass is 10.1. The lowest BCUT2D eigenvalue weighted by Crippen LogP contribution is -2.27. The van der Waals surface area contributed by atoms with Crippen molar-refractivity contribution in [1.29, 1.82) is 0 Å². The molecule has 0 spiro atoms. The molecule has 0 aromatic carbocycles. The van der Waals surface area contributed by atoms with Gasteiger partial charge in [-0.3, -0.25) is 0 Å². The van der Waals surface area contributed by atoms with Crippen molar-refractivity contribution in [1.82, 2.24) is 5.32 Å². The summed E-state index contributed by atoms with van der Waals surface area (Å²) < 4.78 is 0. The summed E-state index contributed by atoms with van der Waals surface area (Å²) in [5.41, 5.74) is 1.70. The largest absolute Gasteiger partial charge is 0.314 e. The minimum atomic E-state index is 0.831. The molecule has 0 aliphatic heterocycles. The molecule has 86 valence electrons. The quantitative estimate of drug-likeness (QED) is 0.678. The maximum absolute atomic E-state index is 3.73. The van der Waals surface area contributed by atoms with E-state index in [-0.39, 0.29) is 0 Å². The van der Waals surface area contributed by atoms with Gasteiger partial charge in [0.05, 0.1) is 0 Å². The second-order valence-corrected chi connectivity index (χ2v) is 5.24. The molecule has 2 aliphatic carbocycles. The highest BCUT2D eigenvalue weighted by Crippen LogP contribution is 2.28. The minimum absolute atomic E-state index is 0.831. The highest BCUT2D eigenvalue weighted by molar-refractivity contribution is 5.07. The Morgan fingerprint density at radius 2 is 2.33 bits per heavy atom. The van der Waals surface area contributed by atoms with Crippen molar-refractivity contribution in [3.63, 3.8) is 0 Å². The van der Waals surface area contributed by atoms with E-state index in [2.05, 4.69) is 18.3 Å². The lowest BCUT2D eigenvalue weighted by Gasteiger charge is -2.12. The molecule has 0 amide bonds. The lowest BCUT2D eigenvalue weighted by molar-refractivity contribution is 0.478. The van der Waals surface area contributed by atoms with Crippen LogP contribution < -0.4 is 5.32 Å². The van der Waals surface area contributed by atoms with Gasteiger partial charge in [-0.2, -0.15) is 0 Å². The molecule has 2 rings (SSSR count). The van der Waals surface area contributed by atoms with Crippen LogP contribution in [0.15, 0.2) is 11.6 Å². The summed E-state index contributed by atoms with van der Waals surface area (Å²) in [5, 5.41) is 3.73. The third kappa shape index (κ3) is 3.34. The Balaban J connectivity index is 1.58. The van der Waals surface area contributed by atoms with Gasteiger partial charge in [-0.15, -0.1) is 0 Å². The molecule has 1 N–H and O–H groups in total. The molecule has 0 aromatic rings. The average Bonchev–Trinajstić information content (AvgIpc) is 2.88. The first-order valence-electron chi connectivity index (χ1n) is 6.79. The van der Waals surface area contributed by atoms with Gasteiger partial charge in [0, 0.05) is 6.04 Å². The van der Waals surface area contributed by atoms with E-state index in [4.69, 9.17) is 0 Å². The number of allylic oxidation sites excluding steroid dienone is 1. The SMILES string of the molecule is CCC1CCC(NCCC2=CCCC2)C1. The Labute approximate surface area is 94.3 Å². The standard InChI is InChI=1S/C14H25N/c1-2-12-7-8-14(11-12)15-10-9-13-5-3-4-6-13/h5,12,14-15H,2-4,6-11H2,1H3. The van der Waals surface area contributed by atoms with Gasteiger partial charge in [-0.1, -0.05) is 25.0 Å². The molecule has 0 saturated heterocycles. The van der Waals surface area contributed by atoms with E-state index < -0.39 is 0 Å². The minimum Gasteiger partial charge on any atom is -0.314 e. The summed E-state index contributed by atoms with van der Waals surface area (Å²) in [6, 6.07) is 0.831. The summed E-state index contributed by atoms with van der Waals surface area (Å²) >= 11 is 0. The second-order valence-electron chi connectivity index (χ2n) is 5.24. The molecule has 2 atom stereocenters. The van der Waals surface area contributed by atoms with Crippen molar-refractivity contribution in [2.45, 2.75) is 64.3 Å². The first kappa shape index (κ1) is 11.2. The van der Waals surface area contributed by atoms with Crippen molar-refractivity contribution in [3.8, 4) is 0 Å². The first-order chi connectivity index (χ1) is 7.38. The Hall–Kier alpha value is -0.300. The zero-order valence-electron chi connectivity index (χ0n) is 10.1. The molecule has 1 nitrogen and oxygen atoms in total. The van der Waals surface area contributed by atoms with E-state index in [0.717, 1.165) is 12.0 Å². The molecule has 0 heterocycles. The zero-order valence-corrected chi connectivity index (χ0v) is 10.1. The van der Waals surface area contributed by atoms with Crippen LogP contribution in [0.2, 0.25) is 0 Å². The van der Waals surface area contributed by atoms with Crippen LogP contribution in [0.1, 0.15) is 58.3 Å². The molecule has 2 unspecified atom stereocenters. The van der Waals surface area contributed by atoms with Crippen LogP contribution in [0.4, 0.5) is 0 Å². The van der Waals surface area contributed by atoms with Crippen molar-refractivity contribution in [3.05, 3.63) is 11.6 Å². The van der Waals surface area contributed by atoms with E-state index in [1.165, 1.54) is 57.9 Å². The number of hydrogen-bond donors (Lipinski definition) is 1. The number of rotatable bonds is 5. The van der Waals surface area contributed by atoms with E-state index >= 15 is 0 Å². The Bertz CT molecular complexity index is 219. The molecule has 1 fully saturated rings. The monoisotopic (exact) mass is 207 g/mol. The highest BCUT2D eigenvalue weighted by atomic mass is 14.9. The van der Waals surface area contributed by atoms with Crippen LogP contribution in [0.5, 0.6) is 0 Å². The zero-order chi connectivity index (χ0) is 10.5. The second kappa shape index (κ2) is 5.69. The van der Waals surface area contributed by atoms with Gasteiger partial charge in [0.25, 0.3) is 0 Å². The highest BCUT2D eigenvalue weighted by Gasteiger charge is 2.22. The molecule has 15 heavy (non-hydrogen) atoms. The molecule has 0 aromatic heterocycles. The van der Waals surface area contributed by atoms with Crippen LogP contribution in [0.25, 0.3) is 0 Å². The maximum Gasteiger partial charge on any atom is 0.00699 e. The smallest absolute Gasteiger partial charge is 0.00699 e. The van der Waals surface area contributed by atoms with Gasteiger partial charge in [-0.05, 0) is 57.4 Å². The summed E-state index contributed by atoms with van der Waals surface area (Å²) in [7, 11) is 0. The fraction of sp³-hybridized carbons (Fsp3) is 0.857. The van der Waals surface area contributed by atoms with Crippen molar-refractivity contribution in [2.75, 3.05) is 6.54 Å². The van der Waals surface area contributed by atoms with Crippen molar-refractivity contribution < 1.29 is 0 Å². The van der Waals surface area contributed by atoms with Gasteiger partial charge in [0.2, 0.25) is 0 Å². The molecule has 2 aliphatic rings. The van der Waals surface area contributed by atoms with Crippen LogP contribution >= 0.6 is 0 Å². The van der Waals surface area contributed by atoms with Crippen LogP contribution in [0.3, 0.4) is 0 Å². The molecular weight excluding hydrogens is 182 g/mol. The van der Waals surface area contributed by atoms with E-state index in [0.29, 0.717) is 0 Å². The topological polar surface area (TPSA) is 12.0 Å². The normalized spacial score (nSPS) is 30.9. The van der Waals surface area contributed by atoms with Crippen molar-refractivity contribution >= 4 is 0 Å². The number of hydrogen-bond acceptors (Lipinski definition) is 1. The van der Waals surface area contributed by atoms with Crippen molar-refractivity contribution in [2.24, 2.45) is 5.92 Å². The Morgan fingerprint density at radius 1 is 1.40 bits per heavy atom. The van der Waals surface area contributed by atoms with Crippen LogP contribution in [0, 0.1) is 5.92 Å². The maximum atomic E-state index is 3.73. The summed E-state index contributed by atoms with van der Waals surface area (Å²) in [6.07, 6.45) is 13.5. The third-order valence-electron chi connectivity index (χ3n) is 4.13.